The van der Waals surface area contributed by atoms with E-state index < -0.39 is 0 Å². The Bertz CT molecular complexity index is 224. The number of esters is 1. The van der Waals surface area contributed by atoms with Gasteiger partial charge in [-0.05, 0) is 19.8 Å². The lowest BCUT2D eigenvalue weighted by Crippen LogP contribution is -2.18. The molecular formula is C14H26O3. The van der Waals surface area contributed by atoms with Crippen LogP contribution in [0.25, 0.3) is 0 Å². The van der Waals surface area contributed by atoms with Crippen molar-refractivity contribution < 1.29 is 14.3 Å². The van der Waals surface area contributed by atoms with Crippen LogP contribution in [0.1, 0.15) is 52.9 Å². The Labute approximate surface area is 105 Å². The zero-order valence-corrected chi connectivity index (χ0v) is 11.5. The van der Waals surface area contributed by atoms with Crippen LogP contribution in [0, 0.1) is 0 Å². The molecule has 0 aliphatic rings. The fourth-order valence-corrected chi connectivity index (χ4v) is 1.43. The highest BCUT2D eigenvalue weighted by molar-refractivity contribution is 5.86. The Balaban J connectivity index is 3.75. The van der Waals surface area contributed by atoms with E-state index in [0.717, 1.165) is 38.7 Å². The SMILES string of the molecule is C=C(C)C(=O)OCCC(CCC)OCCCC. The van der Waals surface area contributed by atoms with Gasteiger partial charge in [-0.15, -0.1) is 0 Å². The molecule has 100 valence electrons. The molecule has 0 N–H and O–H groups in total. The van der Waals surface area contributed by atoms with E-state index in [0.29, 0.717) is 12.2 Å². The van der Waals surface area contributed by atoms with E-state index in [9.17, 15) is 4.79 Å². The number of carbonyl (C=O) groups excluding carboxylic acids is 1. The maximum atomic E-state index is 11.2. The minimum Gasteiger partial charge on any atom is -0.462 e. The fraction of sp³-hybridized carbons (Fsp3) is 0.786. The molecule has 0 fully saturated rings. The van der Waals surface area contributed by atoms with Gasteiger partial charge >= 0.3 is 5.97 Å². The van der Waals surface area contributed by atoms with Gasteiger partial charge in [-0.3, -0.25) is 0 Å². The number of hydrogen-bond donors (Lipinski definition) is 0. The Morgan fingerprint density at radius 1 is 1.18 bits per heavy atom. The molecule has 0 aliphatic heterocycles. The Morgan fingerprint density at radius 3 is 2.41 bits per heavy atom. The third-order valence-corrected chi connectivity index (χ3v) is 2.48. The van der Waals surface area contributed by atoms with Crippen molar-refractivity contribution in [1.29, 1.82) is 0 Å². The summed E-state index contributed by atoms with van der Waals surface area (Å²) in [6.07, 6.45) is 5.33. The van der Waals surface area contributed by atoms with Crippen LogP contribution in [-0.4, -0.2) is 25.3 Å². The number of carbonyl (C=O) groups is 1. The van der Waals surface area contributed by atoms with Gasteiger partial charge in [0.2, 0.25) is 0 Å². The number of rotatable bonds is 10. The minimum absolute atomic E-state index is 0.212. The van der Waals surface area contributed by atoms with Crippen LogP contribution in [0.15, 0.2) is 12.2 Å². The molecular weight excluding hydrogens is 216 g/mol. The molecule has 0 radical (unpaired) electrons. The normalized spacial score (nSPS) is 12.2. The highest BCUT2D eigenvalue weighted by Gasteiger charge is 2.10. The van der Waals surface area contributed by atoms with Gasteiger partial charge in [0.1, 0.15) is 0 Å². The van der Waals surface area contributed by atoms with Gasteiger partial charge in [-0.1, -0.05) is 33.3 Å². The van der Waals surface area contributed by atoms with E-state index in [1.165, 1.54) is 0 Å². The van der Waals surface area contributed by atoms with E-state index in [2.05, 4.69) is 20.4 Å². The summed E-state index contributed by atoms with van der Waals surface area (Å²) < 4.78 is 10.8. The van der Waals surface area contributed by atoms with Gasteiger partial charge < -0.3 is 9.47 Å². The summed E-state index contributed by atoms with van der Waals surface area (Å²) in [5.74, 6) is -0.311. The first-order valence-electron chi connectivity index (χ1n) is 6.56. The standard InChI is InChI=1S/C14H26O3/c1-5-7-10-16-13(8-6-2)9-11-17-14(15)12(3)4/h13H,3,5-11H2,1-2,4H3. The van der Waals surface area contributed by atoms with Gasteiger partial charge in [0.15, 0.2) is 0 Å². The maximum Gasteiger partial charge on any atom is 0.333 e. The Hall–Kier alpha value is -0.830. The largest absolute Gasteiger partial charge is 0.462 e. The lowest BCUT2D eigenvalue weighted by molar-refractivity contribution is -0.139. The van der Waals surface area contributed by atoms with Crippen molar-refractivity contribution in [3.63, 3.8) is 0 Å². The number of unbranched alkanes of at least 4 members (excludes halogenated alkanes) is 1. The Morgan fingerprint density at radius 2 is 1.88 bits per heavy atom. The molecule has 0 aromatic rings. The summed E-state index contributed by atoms with van der Waals surface area (Å²) in [7, 11) is 0. The summed E-state index contributed by atoms with van der Waals surface area (Å²) in [5, 5.41) is 0. The van der Waals surface area contributed by atoms with Crippen LogP contribution < -0.4 is 0 Å². The first-order valence-corrected chi connectivity index (χ1v) is 6.56. The van der Waals surface area contributed by atoms with Gasteiger partial charge in [0.05, 0.1) is 12.7 Å². The second kappa shape index (κ2) is 10.3. The number of ether oxygens (including phenoxy) is 2. The van der Waals surface area contributed by atoms with Crippen molar-refractivity contribution in [3.8, 4) is 0 Å². The van der Waals surface area contributed by atoms with E-state index in [4.69, 9.17) is 9.47 Å². The summed E-state index contributed by atoms with van der Waals surface area (Å²) in [5.41, 5.74) is 0.448. The zero-order chi connectivity index (χ0) is 13.1. The van der Waals surface area contributed by atoms with Crippen LogP contribution >= 0.6 is 0 Å². The van der Waals surface area contributed by atoms with Crippen molar-refractivity contribution in [3.05, 3.63) is 12.2 Å². The van der Waals surface area contributed by atoms with Gasteiger partial charge in [-0.25, -0.2) is 4.79 Å². The van der Waals surface area contributed by atoms with Crippen molar-refractivity contribution in [2.24, 2.45) is 0 Å². The van der Waals surface area contributed by atoms with E-state index in [-0.39, 0.29) is 12.1 Å². The lowest BCUT2D eigenvalue weighted by atomic mass is 10.1. The van der Waals surface area contributed by atoms with Crippen LogP contribution in [0.5, 0.6) is 0 Å². The van der Waals surface area contributed by atoms with Crippen LogP contribution in [0.2, 0.25) is 0 Å². The predicted molar refractivity (Wildman–Crippen MR) is 69.9 cm³/mol. The molecule has 1 atom stereocenters. The highest BCUT2D eigenvalue weighted by Crippen LogP contribution is 2.09. The van der Waals surface area contributed by atoms with E-state index in [1.54, 1.807) is 6.92 Å². The first kappa shape index (κ1) is 16.2. The quantitative estimate of drug-likeness (QED) is 0.334. The molecule has 0 aromatic carbocycles. The molecule has 0 aromatic heterocycles. The molecule has 0 amide bonds. The van der Waals surface area contributed by atoms with Crippen LogP contribution in [0.4, 0.5) is 0 Å². The second-order valence-electron chi connectivity index (χ2n) is 4.34. The number of hydrogen-bond acceptors (Lipinski definition) is 3. The van der Waals surface area contributed by atoms with E-state index >= 15 is 0 Å². The van der Waals surface area contributed by atoms with Crippen molar-refractivity contribution in [2.45, 2.75) is 59.0 Å². The predicted octanol–water partition coefficient (Wildman–Crippen LogP) is 3.48. The monoisotopic (exact) mass is 242 g/mol. The molecule has 0 bridgehead atoms. The van der Waals surface area contributed by atoms with Gasteiger partial charge in [0, 0.05) is 18.6 Å². The molecule has 0 saturated heterocycles. The maximum absolute atomic E-state index is 11.2. The molecule has 0 rings (SSSR count). The van der Waals surface area contributed by atoms with Crippen molar-refractivity contribution in [1.82, 2.24) is 0 Å². The summed E-state index contributed by atoms with van der Waals surface area (Å²) in [6.45, 7) is 10.7. The average molecular weight is 242 g/mol. The van der Waals surface area contributed by atoms with Crippen LogP contribution in [0.3, 0.4) is 0 Å². The molecule has 1 unspecified atom stereocenters. The van der Waals surface area contributed by atoms with Crippen molar-refractivity contribution >= 4 is 5.97 Å². The van der Waals surface area contributed by atoms with E-state index in [1.807, 2.05) is 0 Å². The van der Waals surface area contributed by atoms with Crippen molar-refractivity contribution in [2.75, 3.05) is 13.2 Å². The summed E-state index contributed by atoms with van der Waals surface area (Å²) in [6, 6.07) is 0. The minimum atomic E-state index is -0.311. The lowest BCUT2D eigenvalue weighted by Gasteiger charge is -2.17. The molecule has 0 saturated carbocycles. The highest BCUT2D eigenvalue weighted by atomic mass is 16.5. The zero-order valence-electron chi connectivity index (χ0n) is 11.5. The second-order valence-corrected chi connectivity index (χ2v) is 4.34. The third-order valence-electron chi connectivity index (χ3n) is 2.48. The summed E-state index contributed by atoms with van der Waals surface area (Å²) >= 11 is 0. The average Bonchev–Trinajstić information content (AvgIpc) is 2.29. The third kappa shape index (κ3) is 8.93. The summed E-state index contributed by atoms with van der Waals surface area (Å²) in [4.78, 5) is 11.2. The Kier molecular flexibility index (Phi) is 9.83. The smallest absolute Gasteiger partial charge is 0.333 e. The first-order chi connectivity index (χ1) is 8.11. The molecule has 0 heterocycles. The molecule has 0 spiro atoms. The fourth-order valence-electron chi connectivity index (χ4n) is 1.43. The molecule has 3 heteroatoms. The topological polar surface area (TPSA) is 35.5 Å². The molecule has 0 aliphatic carbocycles. The van der Waals surface area contributed by atoms with Gasteiger partial charge in [0.25, 0.3) is 0 Å². The van der Waals surface area contributed by atoms with Crippen LogP contribution in [-0.2, 0) is 14.3 Å². The van der Waals surface area contributed by atoms with Gasteiger partial charge in [-0.2, -0.15) is 0 Å². The molecule has 17 heavy (non-hydrogen) atoms. The molecule has 3 nitrogen and oxygen atoms in total.